The van der Waals surface area contributed by atoms with Crippen molar-refractivity contribution in [3.05, 3.63) is 11.6 Å². The molecule has 3 fully saturated rings. The molecule has 0 aromatic rings. The molecule has 0 aliphatic heterocycles. The SMILES string of the molecule is CC[C@]1(O)CCC2C3C(CCC21C)C1CCCC=C1C[C@H]3C. The maximum Gasteiger partial charge on any atom is 0.0701 e. The second-order valence-corrected chi connectivity index (χ2v) is 9.23. The van der Waals surface area contributed by atoms with Gasteiger partial charge in [0.15, 0.2) is 0 Å². The third-order valence-corrected chi connectivity index (χ3v) is 8.62. The third kappa shape index (κ3) is 1.87. The Bertz CT molecular complexity index is 480. The van der Waals surface area contributed by atoms with E-state index in [1.807, 2.05) is 5.57 Å². The van der Waals surface area contributed by atoms with Crippen LogP contribution in [-0.2, 0) is 0 Å². The topological polar surface area (TPSA) is 20.2 Å². The van der Waals surface area contributed by atoms with Gasteiger partial charge in [0.25, 0.3) is 0 Å². The highest BCUT2D eigenvalue weighted by atomic mass is 16.3. The molecule has 22 heavy (non-hydrogen) atoms. The lowest BCUT2D eigenvalue weighted by Gasteiger charge is -2.57. The normalized spacial score (nSPS) is 54.2. The summed E-state index contributed by atoms with van der Waals surface area (Å²) in [6.07, 6.45) is 14.0. The van der Waals surface area contributed by atoms with Gasteiger partial charge >= 0.3 is 0 Å². The Hall–Kier alpha value is -0.300. The Labute approximate surface area is 136 Å². The molecule has 4 aliphatic rings. The lowest BCUT2D eigenvalue weighted by atomic mass is 9.48. The molecule has 4 aliphatic carbocycles. The molecular weight excluding hydrogens is 268 g/mol. The molecule has 7 atom stereocenters. The summed E-state index contributed by atoms with van der Waals surface area (Å²) in [6.45, 7) is 7.15. The molecule has 0 bridgehead atoms. The van der Waals surface area contributed by atoms with Crippen LogP contribution in [0.5, 0.6) is 0 Å². The van der Waals surface area contributed by atoms with Crippen LogP contribution >= 0.6 is 0 Å². The van der Waals surface area contributed by atoms with Crippen LogP contribution in [-0.4, -0.2) is 10.7 Å². The van der Waals surface area contributed by atoms with Crippen molar-refractivity contribution in [1.29, 1.82) is 0 Å². The first-order chi connectivity index (χ1) is 10.5. The van der Waals surface area contributed by atoms with E-state index in [4.69, 9.17) is 0 Å². The highest BCUT2D eigenvalue weighted by molar-refractivity contribution is 5.20. The zero-order valence-corrected chi connectivity index (χ0v) is 14.8. The Kier molecular flexibility index (Phi) is 3.53. The Morgan fingerprint density at radius 2 is 2.05 bits per heavy atom. The molecule has 0 spiro atoms. The van der Waals surface area contributed by atoms with Gasteiger partial charge in [-0.2, -0.15) is 0 Å². The van der Waals surface area contributed by atoms with Crippen molar-refractivity contribution in [1.82, 2.24) is 0 Å². The van der Waals surface area contributed by atoms with E-state index in [0.29, 0.717) is 0 Å². The van der Waals surface area contributed by atoms with Crippen molar-refractivity contribution in [3.63, 3.8) is 0 Å². The molecule has 5 unspecified atom stereocenters. The van der Waals surface area contributed by atoms with Crippen LogP contribution in [0, 0.1) is 35.0 Å². The quantitative estimate of drug-likeness (QED) is 0.648. The van der Waals surface area contributed by atoms with E-state index < -0.39 is 0 Å². The molecule has 0 heterocycles. The fourth-order valence-corrected chi connectivity index (χ4v) is 7.40. The van der Waals surface area contributed by atoms with E-state index >= 15 is 0 Å². The lowest BCUT2D eigenvalue weighted by Crippen LogP contribution is -2.54. The molecular formula is C21H34O. The third-order valence-electron chi connectivity index (χ3n) is 8.62. The second kappa shape index (κ2) is 5.10. The molecule has 4 rings (SSSR count). The summed E-state index contributed by atoms with van der Waals surface area (Å²) in [5.74, 6) is 4.30. The summed E-state index contributed by atoms with van der Waals surface area (Å²) < 4.78 is 0. The largest absolute Gasteiger partial charge is 0.389 e. The molecule has 124 valence electrons. The van der Waals surface area contributed by atoms with Crippen molar-refractivity contribution >= 4 is 0 Å². The van der Waals surface area contributed by atoms with E-state index in [0.717, 1.165) is 42.4 Å². The van der Waals surface area contributed by atoms with Crippen LogP contribution < -0.4 is 0 Å². The van der Waals surface area contributed by atoms with Crippen molar-refractivity contribution in [3.8, 4) is 0 Å². The van der Waals surface area contributed by atoms with Gasteiger partial charge in [0, 0.05) is 0 Å². The van der Waals surface area contributed by atoms with Crippen molar-refractivity contribution in [2.45, 2.75) is 84.2 Å². The maximum absolute atomic E-state index is 11.3. The zero-order chi connectivity index (χ0) is 15.5. The predicted molar refractivity (Wildman–Crippen MR) is 91.5 cm³/mol. The Morgan fingerprint density at radius 1 is 1.23 bits per heavy atom. The minimum absolute atomic E-state index is 0.188. The fraction of sp³-hybridized carbons (Fsp3) is 0.905. The second-order valence-electron chi connectivity index (χ2n) is 9.23. The Morgan fingerprint density at radius 3 is 2.82 bits per heavy atom. The van der Waals surface area contributed by atoms with E-state index in [1.54, 1.807) is 0 Å². The summed E-state index contributed by atoms with van der Waals surface area (Å²) in [6, 6.07) is 0. The highest BCUT2D eigenvalue weighted by Crippen LogP contribution is 2.66. The summed E-state index contributed by atoms with van der Waals surface area (Å²) in [5, 5.41) is 11.3. The van der Waals surface area contributed by atoms with E-state index in [2.05, 4.69) is 26.8 Å². The highest BCUT2D eigenvalue weighted by Gasteiger charge is 2.62. The average molecular weight is 303 g/mol. The molecule has 3 saturated carbocycles. The lowest BCUT2D eigenvalue weighted by molar-refractivity contribution is -0.127. The smallest absolute Gasteiger partial charge is 0.0701 e. The van der Waals surface area contributed by atoms with E-state index in [9.17, 15) is 5.11 Å². The molecule has 0 aromatic carbocycles. The zero-order valence-electron chi connectivity index (χ0n) is 14.8. The van der Waals surface area contributed by atoms with Crippen LogP contribution in [0.25, 0.3) is 0 Å². The first-order valence-electron chi connectivity index (χ1n) is 9.91. The molecule has 1 heteroatoms. The van der Waals surface area contributed by atoms with Crippen molar-refractivity contribution < 1.29 is 5.11 Å². The van der Waals surface area contributed by atoms with Crippen LogP contribution in [0.2, 0.25) is 0 Å². The monoisotopic (exact) mass is 302 g/mol. The van der Waals surface area contributed by atoms with Gasteiger partial charge in [0.1, 0.15) is 0 Å². The molecule has 0 aromatic heterocycles. The molecule has 1 N–H and O–H groups in total. The first-order valence-corrected chi connectivity index (χ1v) is 9.91. The number of rotatable bonds is 1. The van der Waals surface area contributed by atoms with Crippen molar-refractivity contribution in [2.75, 3.05) is 0 Å². The number of hydrogen-bond donors (Lipinski definition) is 1. The number of hydrogen-bond acceptors (Lipinski definition) is 1. The molecule has 0 saturated heterocycles. The average Bonchev–Trinajstić information content (AvgIpc) is 2.80. The van der Waals surface area contributed by atoms with Gasteiger partial charge in [-0.3, -0.25) is 0 Å². The first kappa shape index (κ1) is 15.2. The van der Waals surface area contributed by atoms with E-state index in [1.165, 1.54) is 44.9 Å². The van der Waals surface area contributed by atoms with Crippen molar-refractivity contribution in [2.24, 2.45) is 35.0 Å². The minimum atomic E-state index is -0.384. The number of allylic oxidation sites excluding steroid dienone is 2. The van der Waals surface area contributed by atoms with Gasteiger partial charge in [-0.1, -0.05) is 32.4 Å². The Balaban J connectivity index is 1.68. The summed E-state index contributed by atoms with van der Waals surface area (Å²) >= 11 is 0. The fourth-order valence-electron chi connectivity index (χ4n) is 7.40. The standard InChI is InChI=1S/C21H34O/c1-4-21(22)12-10-18-19-14(2)13-15-7-5-6-8-16(15)17(19)9-11-20(18,21)3/h7,14,16-19,22H,4-6,8-13H2,1-3H3/t14-,16?,17?,18?,19?,20?,21+/m1/s1. The summed E-state index contributed by atoms with van der Waals surface area (Å²) in [4.78, 5) is 0. The number of aliphatic hydroxyl groups is 1. The van der Waals surface area contributed by atoms with Gasteiger partial charge in [0.05, 0.1) is 5.60 Å². The number of fused-ring (bicyclic) bond motifs is 5. The van der Waals surface area contributed by atoms with Crippen LogP contribution in [0.15, 0.2) is 11.6 Å². The van der Waals surface area contributed by atoms with Gasteiger partial charge in [-0.05, 0) is 92.8 Å². The molecule has 0 radical (unpaired) electrons. The van der Waals surface area contributed by atoms with E-state index in [-0.39, 0.29) is 11.0 Å². The molecule has 1 nitrogen and oxygen atoms in total. The van der Waals surface area contributed by atoms with Gasteiger partial charge in [-0.15, -0.1) is 0 Å². The van der Waals surface area contributed by atoms with Crippen LogP contribution in [0.3, 0.4) is 0 Å². The summed E-state index contributed by atoms with van der Waals surface area (Å²) in [5.41, 5.74) is 1.62. The summed E-state index contributed by atoms with van der Waals surface area (Å²) in [7, 11) is 0. The van der Waals surface area contributed by atoms with Gasteiger partial charge in [0.2, 0.25) is 0 Å². The van der Waals surface area contributed by atoms with Gasteiger partial charge in [-0.25, -0.2) is 0 Å². The minimum Gasteiger partial charge on any atom is -0.389 e. The van der Waals surface area contributed by atoms with Gasteiger partial charge < -0.3 is 5.11 Å². The molecule has 0 amide bonds. The predicted octanol–water partition coefficient (Wildman–Crippen LogP) is 5.34. The van der Waals surface area contributed by atoms with Crippen LogP contribution in [0.1, 0.15) is 78.6 Å². The maximum atomic E-state index is 11.3. The van der Waals surface area contributed by atoms with Crippen LogP contribution in [0.4, 0.5) is 0 Å².